The highest BCUT2D eigenvalue weighted by molar-refractivity contribution is 5.80. The molecule has 1 aromatic carbocycles. The molecule has 0 aliphatic rings. The van der Waals surface area contributed by atoms with Gasteiger partial charge in [0.1, 0.15) is 0 Å². The Kier molecular flexibility index (Phi) is 7.01. The molecule has 1 atom stereocenters. The maximum atomic E-state index is 4.70. The van der Waals surface area contributed by atoms with Gasteiger partial charge in [-0.25, -0.2) is 0 Å². The van der Waals surface area contributed by atoms with Gasteiger partial charge in [-0.15, -0.1) is 0 Å². The molecule has 0 spiro atoms. The van der Waals surface area contributed by atoms with E-state index in [4.69, 9.17) is 4.99 Å². The van der Waals surface area contributed by atoms with Gasteiger partial charge in [0.2, 0.25) is 0 Å². The highest BCUT2D eigenvalue weighted by Gasteiger charge is 2.09. The summed E-state index contributed by atoms with van der Waals surface area (Å²) < 4.78 is 0. The van der Waals surface area contributed by atoms with Gasteiger partial charge >= 0.3 is 0 Å². The molecular formula is C16H27N3. The molecule has 1 unspecified atom stereocenters. The Bertz CT molecular complexity index is 371. The number of rotatable bonds is 6. The predicted octanol–water partition coefficient (Wildman–Crippen LogP) is 3.14. The summed E-state index contributed by atoms with van der Waals surface area (Å²) in [7, 11) is 0. The molecule has 0 aromatic heterocycles. The van der Waals surface area contributed by atoms with Gasteiger partial charge in [-0.3, -0.25) is 4.99 Å². The van der Waals surface area contributed by atoms with Crippen LogP contribution in [0.5, 0.6) is 0 Å². The third-order valence-electron chi connectivity index (χ3n) is 3.00. The van der Waals surface area contributed by atoms with Crippen molar-refractivity contribution in [3.8, 4) is 0 Å². The number of benzene rings is 1. The Balaban J connectivity index is 2.68. The fraction of sp³-hybridized carbons (Fsp3) is 0.562. The Morgan fingerprint density at radius 3 is 2.37 bits per heavy atom. The number of hydrogen-bond acceptors (Lipinski definition) is 1. The van der Waals surface area contributed by atoms with Crippen LogP contribution in [-0.4, -0.2) is 25.1 Å². The lowest BCUT2D eigenvalue weighted by atomic mass is 9.97. The van der Waals surface area contributed by atoms with Crippen molar-refractivity contribution >= 4 is 5.96 Å². The van der Waals surface area contributed by atoms with E-state index in [2.05, 4.69) is 68.7 Å². The minimum absolute atomic E-state index is 0.398. The fourth-order valence-corrected chi connectivity index (χ4v) is 1.99. The molecule has 0 fully saturated rings. The Hall–Kier alpha value is -1.51. The largest absolute Gasteiger partial charge is 0.357 e. The van der Waals surface area contributed by atoms with Crippen LogP contribution >= 0.6 is 0 Å². The van der Waals surface area contributed by atoms with E-state index in [1.54, 1.807) is 0 Å². The highest BCUT2D eigenvalue weighted by atomic mass is 15.2. The van der Waals surface area contributed by atoms with E-state index in [9.17, 15) is 0 Å². The second-order valence-corrected chi connectivity index (χ2v) is 5.03. The van der Waals surface area contributed by atoms with Gasteiger partial charge < -0.3 is 10.6 Å². The van der Waals surface area contributed by atoms with Gasteiger partial charge in [-0.2, -0.15) is 0 Å². The minimum Gasteiger partial charge on any atom is -0.357 e. The molecule has 3 heteroatoms. The number of aliphatic imine (C=N–C) groups is 1. The molecule has 0 amide bonds. The van der Waals surface area contributed by atoms with Crippen molar-refractivity contribution in [3.63, 3.8) is 0 Å². The van der Waals surface area contributed by atoms with Gasteiger partial charge in [-0.05, 0) is 32.8 Å². The fourth-order valence-electron chi connectivity index (χ4n) is 1.99. The van der Waals surface area contributed by atoms with Crippen molar-refractivity contribution in [2.24, 2.45) is 4.99 Å². The van der Waals surface area contributed by atoms with Gasteiger partial charge in [0, 0.05) is 25.0 Å². The molecule has 2 N–H and O–H groups in total. The van der Waals surface area contributed by atoms with E-state index in [1.807, 2.05) is 0 Å². The summed E-state index contributed by atoms with van der Waals surface area (Å²) in [5.74, 6) is 1.40. The molecule has 19 heavy (non-hydrogen) atoms. The molecule has 0 saturated carbocycles. The molecular weight excluding hydrogens is 234 g/mol. The van der Waals surface area contributed by atoms with Crippen LogP contribution in [-0.2, 0) is 0 Å². The quantitative estimate of drug-likeness (QED) is 0.609. The van der Waals surface area contributed by atoms with E-state index in [-0.39, 0.29) is 0 Å². The average molecular weight is 261 g/mol. The van der Waals surface area contributed by atoms with Crippen molar-refractivity contribution in [2.45, 2.75) is 46.1 Å². The molecule has 3 nitrogen and oxygen atoms in total. The van der Waals surface area contributed by atoms with Crippen LogP contribution in [0.25, 0.3) is 0 Å². The maximum absolute atomic E-state index is 4.70. The Morgan fingerprint density at radius 2 is 1.84 bits per heavy atom. The summed E-state index contributed by atoms with van der Waals surface area (Å²) in [5, 5.41) is 6.63. The highest BCUT2D eigenvalue weighted by Crippen LogP contribution is 2.19. The van der Waals surface area contributed by atoms with Crippen molar-refractivity contribution in [3.05, 3.63) is 35.9 Å². The van der Waals surface area contributed by atoms with Crippen molar-refractivity contribution in [1.82, 2.24) is 10.6 Å². The maximum Gasteiger partial charge on any atom is 0.191 e. The van der Waals surface area contributed by atoms with Crippen molar-refractivity contribution in [2.75, 3.05) is 13.1 Å². The van der Waals surface area contributed by atoms with E-state index in [0.29, 0.717) is 12.0 Å². The topological polar surface area (TPSA) is 36.4 Å². The van der Waals surface area contributed by atoms with Crippen LogP contribution in [0, 0.1) is 0 Å². The normalized spacial score (nSPS) is 13.4. The molecule has 0 radical (unpaired) electrons. The third kappa shape index (κ3) is 5.77. The second kappa shape index (κ2) is 8.57. The zero-order chi connectivity index (χ0) is 14.1. The smallest absolute Gasteiger partial charge is 0.191 e. The third-order valence-corrected chi connectivity index (χ3v) is 3.00. The van der Waals surface area contributed by atoms with Crippen LogP contribution in [0.4, 0.5) is 0 Å². The zero-order valence-corrected chi connectivity index (χ0v) is 12.6. The number of nitrogens with zero attached hydrogens (tertiary/aromatic N) is 1. The lowest BCUT2D eigenvalue weighted by molar-refractivity contribution is 0.655. The minimum atomic E-state index is 0.398. The first kappa shape index (κ1) is 15.5. The molecule has 0 aliphatic heterocycles. The van der Waals surface area contributed by atoms with E-state index in [1.165, 1.54) is 5.56 Å². The van der Waals surface area contributed by atoms with Crippen LogP contribution in [0.3, 0.4) is 0 Å². The molecule has 1 aromatic rings. The molecule has 0 saturated heterocycles. The SMILES string of the molecule is CCNC(=NCC(CC)c1ccccc1)NC(C)C. The van der Waals surface area contributed by atoms with Crippen LogP contribution in [0.2, 0.25) is 0 Å². The van der Waals surface area contributed by atoms with E-state index >= 15 is 0 Å². The van der Waals surface area contributed by atoms with Crippen LogP contribution in [0.15, 0.2) is 35.3 Å². The molecule has 0 bridgehead atoms. The van der Waals surface area contributed by atoms with Gasteiger partial charge in [-0.1, -0.05) is 37.3 Å². The molecule has 0 heterocycles. The summed E-state index contributed by atoms with van der Waals surface area (Å²) in [6.45, 7) is 10.3. The van der Waals surface area contributed by atoms with Crippen LogP contribution < -0.4 is 10.6 Å². The first-order valence-electron chi connectivity index (χ1n) is 7.27. The Morgan fingerprint density at radius 1 is 1.16 bits per heavy atom. The molecule has 1 rings (SSSR count). The predicted molar refractivity (Wildman–Crippen MR) is 83.7 cm³/mol. The Labute approximate surface area is 117 Å². The summed E-state index contributed by atoms with van der Waals surface area (Å²) in [6, 6.07) is 11.0. The number of guanidine groups is 1. The summed E-state index contributed by atoms with van der Waals surface area (Å²) >= 11 is 0. The first-order chi connectivity index (χ1) is 9.17. The lowest BCUT2D eigenvalue weighted by Gasteiger charge is -2.17. The monoisotopic (exact) mass is 261 g/mol. The summed E-state index contributed by atoms with van der Waals surface area (Å²) in [6.07, 6.45) is 1.11. The van der Waals surface area contributed by atoms with Gasteiger partial charge in [0.05, 0.1) is 0 Å². The second-order valence-electron chi connectivity index (χ2n) is 5.03. The van der Waals surface area contributed by atoms with Crippen molar-refractivity contribution < 1.29 is 0 Å². The standard InChI is InChI=1S/C16H27N3/c1-5-14(15-10-8-7-9-11-15)12-18-16(17-6-2)19-13(3)4/h7-11,13-14H,5-6,12H2,1-4H3,(H2,17,18,19). The van der Waals surface area contributed by atoms with Crippen LogP contribution in [0.1, 0.15) is 45.6 Å². The van der Waals surface area contributed by atoms with E-state index < -0.39 is 0 Å². The first-order valence-corrected chi connectivity index (χ1v) is 7.27. The van der Waals surface area contributed by atoms with Gasteiger partial charge in [0.25, 0.3) is 0 Å². The average Bonchev–Trinajstić information content (AvgIpc) is 2.40. The summed E-state index contributed by atoms with van der Waals surface area (Å²) in [4.78, 5) is 4.70. The number of nitrogens with one attached hydrogen (secondary N) is 2. The summed E-state index contributed by atoms with van der Waals surface area (Å²) in [5.41, 5.74) is 1.37. The molecule has 106 valence electrons. The number of hydrogen-bond donors (Lipinski definition) is 2. The van der Waals surface area contributed by atoms with Gasteiger partial charge in [0.15, 0.2) is 5.96 Å². The van der Waals surface area contributed by atoms with Crippen molar-refractivity contribution in [1.29, 1.82) is 0 Å². The lowest BCUT2D eigenvalue weighted by Crippen LogP contribution is -2.41. The zero-order valence-electron chi connectivity index (χ0n) is 12.6. The van der Waals surface area contributed by atoms with E-state index in [0.717, 1.165) is 25.5 Å². The molecule has 0 aliphatic carbocycles.